The summed E-state index contributed by atoms with van der Waals surface area (Å²) >= 11 is 0. The summed E-state index contributed by atoms with van der Waals surface area (Å²) < 4.78 is 6.27. The van der Waals surface area contributed by atoms with Crippen LogP contribution in [0.25, 0.3) is 120 Å². The minimum absolute atomic E-state index is 0.121. The Bertz CT molecular complexity index is 3920. The lowest BCUT2D eigenvalue weighted by Gasteiger charge is -2.54. The van der Waals surface area contributed by atoms with E-state index in [1.54, 1.807) is 0 Å². The molecule has 1 aromatic heterocycles. The van der Waals surface area contributed by atoms with E-state index in [4.69, 9.17) is 4.42 Å². The molecule has 0 aliphatic heterocycles. The van der Waals surface area contributed by atoms with E-state index < -0.39 is 0 Å². The predicted molar refractivity (Wildman–Crippen MR) is 283 cm³/mol. The van der Waals surface area contributed by atoms with E-state index in [1.165, 1.54) is 109 Å². The molecule has 0 bridgehead atoms. The fraction of sp³-hybridized carbons (Fsp3) is 0.138. The Hall–Kier alpha value is -7.48. The molecule has 0 amide bonds. The van der Waals surface area contributed by atoms with Crippen LogP contribution in [0, 0.1) is 10.8 Å². The summed E-state index contributed by atoms with van der Waals surface area (Å²) in [6.07, 6.45) is 0. The van der Waals surface area contributed by atoms with E-state index in [2.05, 4.69) is 230 Å². The number of hydrogen-bond acceptors (Lipinski definition) is 1. The van der Waals surface area contributed by atoms with Gasteiger partial charge in [-0.3, -0.25) is 0 Å². The summed E-state index contributed by atoms with van der Waals surface area (Å²) in [5.74, 6) is 0. The summed E-state index contributed by atoms with van der Waals surface area (Å²) in [5.41, 5.74) is 14.4. The van der Waals surface area contributed by atoms with Crippen molar-refractivity contribution in [2.75, 3.05) is 0 Å². The molecule has 1 heteroatoms. The molecule has 316 valence electrons. The Balaban J connectivity index is 1.05. The third kappa shape index (κ3) is 5.17. The van der Waals surface area contributed by atoms with E-state index in [-0.39, 0.29) is 16.2 Å². The van der Waals surface area contributed by atoms with E-state index in [1.807, 2.05) is 6.07 Å². The molecule has 1 aliphatic rings. The highest BCUT2D eigenvalue weighted by atomic mass is 16.3. The molecule has 0 radical (unpaired) electrons. The van der Waals surface area contributed by atoms with Gasteiger partial charge in [-0.15, -0.1) is 0 Å². The molecule has 0 spiro atoms. The van der Waals surface area contributed by atoms with Crippen molar-refractivity contribution in [1.82, 2.24) is 0 Å². The van der Waals surface area contributed by atoms with Crippen LogP contribution in [0.2, 0.25) is 0 Å². The molecule has 1 aliphatic carbocycles. The summed E-state index contributed by atoms with van der Waals surface area (Å²) in [4.78, 5) is 0. The molecular weight excluding hydrogens is 797 g/mol. The molecule has 0 N–H and O–H groups in total. The van der Waals surface area contributed by atoms with Crippen LogP contribution in [0.1, 0.15) is 52.7 Å². The molecule has 11 aromatic carbocycles. The third-order valence-electron chi connectivity index (χ3n) is 15.3. The number of benzene rings is 11. The Labute approximate surface area is 386 Å². The Morgan fingerprint density at radius 3 is 1.24 bits per heavy atom. The fourth-order valence-corrected chi connectivity index (χ4v) is 13.2. The van der Waals surface area contributed by atoms with Crippen molar-refractivity contribution in [2.24, 2.45) is 10.8 Å². The van der Waals surface area contributed by atoms with Crippen LogP contribution < -0.4 is 0 Å². The standard InChI is InChI=1S/C65H50O/c1-63(2,3)65(64(4,5)6)61-51-28-15-9-21-44(51)53(38-55(61)60-46-23-10-7-19-42(46)43-20-8-16-29-52(43)62(60)65)39-31-33-40(34-32-39)58-47-24-11-13-26-49(47)59(50-27-14-12-25-48(50)58)41-35-36-57-54(37-41)45-22-17-18-30-56(45)66-57/h7-38H,1-6H3. The molecule has 13 rings (SSSR count). The van der Waals surface area contributed by atoms with Crippen LogP contribution in [0.3, 0.4) is 0 Å². The van der Waals surface area contributed by atoms with Gasteiger partial charge in [0.25, 0.3) is 0 Å². The van der Waals surface area contributed by atoms with Crippen LogP contribution in [-0.4, -0.2) is 0 Å². The van der Waals surface area contributed by atoms with Crippen molar-refractivity contribution in [2.45, 2.75) is 47.0 Å². The second-order valence-electron chi connectivity index (χ2n) is 20.7. The molecule has 66 heavy (non-hydrogen) atoms. The monoisotopic (exact) mass is 846 g/mol. The molecule has 1 heterocycles. The molecule has 1 nitrogen and oxygen atoms in total. The van der Waals surface area contributed by atoms with E-state index in [0.717, 1.165) is 21.9 Å². The summed E-state index contributed by atoms with van der Waals surface area (Å²) in [7, 11) is 0. The minimum atomic E-state index is -0.303. The molecule has 0 fully saturated rings. The van der Waals surface area contributed by atoms with E-state index in [9.17, 15) is 0 Å². The topological polar surface area (TPSA) is 13.1 Å². The zero-order valence-corrected chi connectivity index (χ0v) is 38.4. The highest BCUT2D eigenvalue weighted by molar-refractivity contribution is 6.23. The van der Waals surface area contributed by atoms with Crippen LogP contribution in [0.15, 0.2) is 199 Å². The van der Waals surface area contributed by atoms with Crippen molar-refractivity contribution in [1.29, 1.82) is 0 Å². The van der Waals surface area contributed by atoms with Crippen molar-refractivity contribution in [3.05, 3.63) is 205 Å². The Morgan fingerprint density at radius 2 is 0.682 bits per heavy atom. The predicted octanol–water partition coefficient (Wildman–Crippen LogP) is 18.7. The lowest BCUT2D eigenvalue weighted by Crippen LogP contribution is -2.50. The Kier molecular flexibility index (Phi) is 8.12. The lowest BCUT2D eigenvalue weighted by molar-refractivity contribution is 0.0977. The number of hydrogen-bond donors (Lipinski definition) is 0. The van der Waals surface area contributed by atoms with Gasteiger partial charge in [0, 0.05) is 16.2 Å². The first-order chi connectivity index (χ1) is 32.0. The number of furan rings is 1. The second-order valence-corrected chi connectivity index (χ2v) is 20.7. The number of fused-ring (bicyclic) bond motifs is 15. The van der Waals surface area contributed by atoms with Gasteiger partial charge in [0.15, 0.2) is 0 Å². The van der Waals surface area contributed by atoms with E-state index >= 15 is 0 Å². The molecule has 12 aromatic rings. The first-order valence-corrected chi connectivity index (χ1v) is 23.5. The highest BCUT2D eigenvalue weighted by Crippen LogP contribution is 2.69. The van der Waals surface area contributed by atoms with Crippen molar-refractivity contribution in [3.8, 4) is 44.5 Å². The van der Waals surface area contributed by atoms with Gasteiger partial charge in [-0.05, 0) is 145 Å². The maximum absolute atomic E-state index is 6.27. The summed E-state index contributed by atoms with van der Waals surface area (Å²) in [6, 6.07) is 72.5. The Morgan fingerprint density at radius 1 is 0.288 bits per heavy atom. The average molecular weight is 847 g/mol. The smallest absolute Gasteiger partial charge is 0.135 e. The summed E-state index contributed by atoms with van der Waals surface area (Å²) in [5, 5.41) is 15.2. The van der Waals surface area contributed by atoms with Gasteiger partial charge in [0.1, 0.15) is 11.2 Å². The quantitative estimate of drug-likeness (QED) is 0.128. The number of para-hydroxylation sites is 1. The fourth-order valence-electron chi connectivity index (χ4n) is 13.2. The minimum Gasteiger partial charge on any atom is -0.456 e. The SMILES string of the molecule is CC(C)(C)C1(C(C)(C)C)c2c(cc(-c3ccc(-c4c5ccccc5c(-c5ccc6oc7ccccc7c6c5)c5ccccc45)cc3)c3ccccc23)-c2c1c1ccccc1c1ccccc21. The third-order valence-corrected chi connectivity index (χ3v) is 15.3. The van der Waals surface area contributed by atoms with Gasteiger partial charge in [-0.2, -0.15) is 0 Å². The normalized spacial score (nSPS) is 13.7. The molecule has 0 saturated carbocycles. The molecular formula is C65H50O. The first-order valence-electron chi connectivity index (χ1n) is 23.5. The van der Waals surface area contributed by atoms with Crippen LogP contribution in [0.5, 0.6) is 0 Å². The summed E-state index contributed by atoms with van der Waals surface area (Å²) in [6.45, 7) is 14.8. The van der Waals surface area contributed by atoms with Crippen molar-refractivity contribution >= 4 is 75.8 Å². The van der Waals surface area contributed by atoms with Crippen molar-refractivity contribution in [3.63, 3.8) is 0 Å². The van der Waals surface area contributed by atoms with Gasteiger partial charge in [-0.25, -0.2) is 0 Å². The van der Waals surface area contributed by atoms with Crippen LogP contribution in [-0.2, 0) is 5.41 Å². The van der Waals surface area contributed by atoms with Crippen LogP contribution in [0.4, 0.5) is 0 Å². The lowest BCUT2D eigenvalue weighted by atomic mass is 9.49. The van der Waals surface area contributed by atoms with Gasteiger partial charge < -0.3 is 4.42 Å². The molecule has 0 saturated heterocycles. The van der Waals surface area contributed by atoms with Gasteiger partial charge in [-0.1, -0.05) is 211 Å². The second kappa shape index (κ2) is 13.8. The van der Waals surface area contributed by atoms with Gasteiger partial charge >= 0.3 is 0 Å². The van der Waals surface area contributed by atoms with Crippen molar-refractivity contribution < 1.29 is 4.42 Å². The van der Waals surface area contributed by atoms with E-state index in [0.29, 0.717) is 0 Å². The maximum Gasteiger partial charge on any atom is 0.135 e. The first kappa shape index (κ1) is 38.9. The molecule has 0 unspecified atom stereocenters. The zero-order valence-electron chi connectivity index (χ0n) is 38.4. The van der Waals surface area contributed by atoms with Crippen LogP contribution >= 0.6 is 0 Å². The zero-order chi connectivity index (χ0) is 44.7. The maximum atomic E-state index is 6.27. The average Bonchev–Trinajstić information content (AvgIpc) is 3.88. The molecule has 0 atom stereocenters. The number of rotatable bonds is 3. The van der Waals surface area contributed by atoms with Gasteiger partial charge in [0.2, 0.25) is 0 Å². The largest absolute Gasteiger partial charge is 0.456 e. The van der Waals surface area contributed by atoms with Gasteiger partial charge in [0.05, 0.1) is 0 Å². The highest BCUT2D eigenvalue weighted by Gasteiger charge is 2.59.